The van der Waals surface area contributed by atoms with Gasteiger partial charge in [-0.3, -0.25) is 4.79 Å². The number of rotatable bonds is 3. The Morgan fingerprint density at radius 1 is 1.29 bits per heavy atom. The van der Waals surface area contributed by atoms with Crippen LogP contribution in [0.2, 0.25) is 0 Å². The molecule has 0 radical (unpaired) electrons. The first-order chi connectivity index (χ1) is 6.31. The van der Waals surface area contributed by atoms with Crippen LogP contribution in [-0.2, 0) is 19.1 Å². The number of esters is 1. The minimum Gasteiger partial charge on any atom is -0.484 e. The molecule has 4 heteroatoms. The molecule has 0 aliphatic carbocycles. The van der Waals surface area contributed by atoms with E-state index in [1.54, 1.807) is 20.8 Å². The number of aldehydes is 1. The van der Waals surface area contributed by atoms with Crippen LogP contribution in [0.5, 0.6) is 0 Å². The van der Waals surface area contributed by atoms with Gasteiger partial charge in [0, 0.05) is 0 Å². The summed E-state index contributed by atoms with van der Waals surface area (Å²) in [4.78, 5) is 21.7. The second-order valence-electron chi connectivity index (χ2n) is 3.81. The zero-order chi connectivity index (χ0) is 11.4. The maximum Gasteiger partial charge on any atom is 0.337 e. The summed E-state index contributed by atoms with van der Waals surface area (Å²) in [6.45, 7) is 6.87. The fourth-order valence-electron chi connectivity index (χ4n) is 0.773. The molecular weight excluding hydrogens is 184 g/mol. The first-order valence-electron chi connectivity index (χ1n) is 4.25. The molecule has 4 nitrogen and oxygen atoms in total. The number of ether oxygens (including phenoxy) is 2. The van der Waals surface area contributed by atoms with Crippen molar-refractivity contribution in [1.29, 1.82) is 0 Å². The minimum absolute atomic E-state index is 0.0179. The summed E-state index contributed by atoms with van der Waals surface area (Å²) in [5.41, 5.74) is -0.330. The van der Waals surface area contributed by atoms with E-state index in [0.29, 0.717) is 6.29 Å². The van der Waals surface area contributed by atoms with Crippen molar-refractivity contribution in [1.82, 2.24) is 0 Å². The number of methoxy groups -OCH3 is 1. The highest BCUT2D eigenvalue weighted by atomic mass is 16.5. The van der Waals surface area contributed by atoms with Gasteiger partial charge in [-0.25, -0.2) is 4.79 Å². The van der Waals surface area contributed by atoms with Crippen LogP contribution < -0.4 is 0 Å². The summed E-state index contributed by atoms with van der Waals surface area (Å²) in [5, 5.41) is 0. The third-order valence-electron chi connectivity index (χ3n) is 1.38. The molecule has 0 spiro atoms. The van der Waals surface area contributed by atoms with Crippen LogP contribution >= 0.6 is 0 Å². The highest BCUT2D eigenvalue weighted by Crippen LogP contribution is 2.15. The molecule has 80 valence electrons. The van der Waals surface area contributed by atoms with Crippen molar-refractivity contribution >= 4 is 12.3 Å². The summed E-state index contributed by atoms with van der Waals surface area (Å²) >= 11 is 0. The quantitative estimate of drug-likeness (QED) is 0.299. The standard InChI is InChI=1S/C10H16O4/c1-7(9(12)13-5)8(6-11)14-10(2,3)4/h6H,1-5H3. The average Bonchev–Trinajstić information content (AvgIpc) is 2.10. The maximum absolute atomic E-state index is 11.1. The lowest BCUT2D eigenvalue weighted by Crippen LogP contribution is -2.21. The van der Waals surface area contributed by atoms with Crippen molar-refractivity contribution < 1.29 is 19.1 Å². The molecule has 0 aliphatic rings. The molecule has 0 bridgehead atoms. The summed E-state index contributed by atoms with van der Waals surface area (Å²) in [6.07, 6.45) is 0.511. The Morgan fingerprint density at radius 3 is 2.07 bits per heavy atom. The number of allylic oxidation sites excluding steroid dienone is 1. The van der Waals surface area contributed by atoms with Gasteiger partial charge in [0.2, 0.25) is 0 Å². The Kier molecular flexibility index (Phi) is 4.34. The first-order valence-corrected chi connectivity index (χ1v) is 4.25. The van der Waals surface area contributed by atoms with Crippen LogP contribution in [0.1, 0.15) is 27.7 Å². The van der Waals surface area contributed by atoms with Gasteiger partial charge in [-0.1, -0.05) is 0 Å². The molecule has 0 aromatic rings. The monoisotopic (exact) mass is 200 g/mol. The van der Waals surface area contributed by atoms with Gasteiger partial charge in [-0.15, -0.1) is 0 Å². The van der Waals surface area contributed by atoms with Crippen molar-refractivity contribution in [2.24, 2.45) is 0 Å². The Bertz CT molecular complexity index is 258. The molecule has 0 rings (SSSR count). The van der Waals surface area contributed by atoms with Gasteiger partial charge >= 0.3 is 5.97 Å². The highest BCUT2D eigenvalue weighted by Gasteiger charge is 2.18. The SMILES string of the molecule is COC(=O)C(C)=C(C=O)OC(C)(C)C. The Morgan fingerprint density at radius 2 is 1.79 bits per heavy atom. The molecule has 0 aliphatic heterocycles. The molecule has 0 aromatic carbocycles. The Hall–Kier alpha value is -1.32. The number of hydrogen-bond donors (Lipinski definition) is 0. The average molecular weight is 200 g/mol. The van der Waals surface area contributed by atoms with E-state index in [-0.39, 0.29) is 11.3 Å². The maximum atomic E-state index is 11.1. The molecule has 0 atom stereocenters. The van der Waals surface area contributed by atoms with E-state index in [1.807, 2.05) is 0 Å². The van der Waals surface area contributed by atoms with E-state index in [2.05, 4.69) is 4.74 Å². The highest BCUT2D eigenvalue weighted by molar-refractivity contribution is 5.93. The van der Waals surface area contributed by atoms with Gasteiger partial charge in [0.15, 0.2) is 12.0 Å². The van der Waals surface area contributed by atoms with E-state index in [4.69, 9.17) is 4.74 Å². The summed E-state index contributed by atoms with van der Waals surface area (Å²) < 4.78 is 9.76. The van der Waals surface area contributed by atoms with Gasteiger partial charge < -0.3 is 9.47 Å². The lowest BCUT2D eigenvalue weighted by Gasteiger charge is -2.21. The van der Waals surface area contributed by atoms with Gasteiger partial charge in [0.05, 0.1) is 12.7 Å². The first kappa shape index (κ1) is 12.7. The van der Waals surface area contributed by atoms with Crippen LogP contribution in [0.15, 0.2) is 11.3 Å². The molecular formula is C10H16O4. The van der Waals surface area contributed by atoms with E-state index >= 15 is 0 Å². The van der Waals surface area contributed by atoms with E-state index in [0.717, 1.165) is 0 Å². The van der Waals surface area contributed by atoms with Gasteiger partial charge in [-0.2, -0.15) is 0 Å². The number of hydrogen-bond acceptors (Lipinski definition) is 4. The summed E-state index contributed by atoms with van der Waals surface area (Å²) in [5.74, 6) is -0.541. The van der Waals surface area contributed by atoms with Crippen molar-refractivity contribution in [2.45, 2.75) is 33.3 Å². The fourth-order valence-corrected chi connectivity index (χ4v) is 0.773. The predicted molar refractivity (Wildman–Crippen MR) is 51.6 cm³/mol. The fraction of sp³-hybridized carbons (Fsp3) is 0.600. The molecule has 0 amide bonds. The molecule has 14 heavy (non-hydrogen) atoms. The minimum atomic E-state index is -0.559. The predicted octanol–water partition coefficient (Wildman–Crippen LogP) is 1.45. The Balaban J connectivity index is 4.86. The van der Waals surface area contributed by atoms with E-state index in [1.165, 1.54) is 14.0 Å². The number of carbonyl (C=O) groups excluding carboxylic acids is 2. The zero-order valence-corrected chi connectivity index (χ0v) is 9.21. The van der Waals surface area contributed by atoms with Crippen molar-refractivity contribution in [3.05, 3.63) is 11.3 Å². The van der Waals surface area contributed by atoms with Crippen molar-refractivity contribution in [3.8, 4) is 0 Å². The van der Waals surface area contributed by atoms with Gasteiger partial charge in [0.25, 0.3) is 0 Å². The number of carbonyl (C=O) groups is 2. The Labute approximate surface area is 83.9 Å². The zero-order valence-electron chi connectivity index (χ0n) is 9.21. The third-order valence-corrected chi connectivity index (χ3v) is 1.38. The van der Waals surface area contributed by atoms with Crippen molar-refractivity contribution in [2.75, 3.05) is 7.11 Å². The van der Waals surface area contributed by atoms with E-state index < -0.39 is 11.6 Å². The topological polar surface area (TPSA) is 52.6 Å². The van der Waals surface area contributed by atoms with Crippen LogP contribution in [0.25, 0.3) is 0 Å². The lowest BCUT2D eigenvalue weighted by atomic mass is 10.2. The van der Waals surface area contributed by atoms with Crippen LogP contribution in [0, 0.1) is 0 Å². The van der Waals surface area contributed by atoms with E-state index in [9.17, 15) is 9.59 Å². The second-order valence-corrected chi connectivity index (χ2v) is 3.81. The van der Waals surface area contributed by atoms with Crippen LogP contribution in [0.4, 0.5) is 0 Å². The smallest absolute Gasteiger partial charge is 0.337 e. The third kappa shape index (κ3) is 4.07. The molecule has 0 heterocycles. The van der Waals surface area contributed by atoms with Gasteiger partial charge in [0.1, 0.15) is 5.60 Å². The van der Waals surface area contributed by atoms with Crippen LogP contribution in [-0.4, -0.2) is 25.0 Å². The van der Waals surface area contributed by atoms with Crippen LogP contribution in [0.3, 0.4) is 0 Å². The molecule has 0 unspecified atom stereocenters. The molecule has 0 saturated heterocycles. The second kappa shape index (κ2) is 4.79. The molecule has 0 fully saturated rings. The lowest BCUT2D eigenvalue weighted by molar-refractivity contribution is -0.136. The largest absolute Gasteiger partial charge is 0.484 e. The summed E-state index contributed by atoms with van der Waals surface area (Å²) in [7, 11) is 1.26. The molecule has 0 aromatic heterocycles. The van der Waals surface area contributed by atoms with Crippen molar-refractivity contribution in [3.63, 3.8) is 0 Å². The normalized spacial score (nSPS) is 12.9. The molecule has 0 saturated carbocycles. The van der Waals surface area contributed by atoms with Gasteiger partial charge in [-0.05, 0) is 27.7 Å². The summed E-state index contributed by atoms with van der Waals surface area (Å²) in [6, 6.07) is 0. The molecule has 0 N–H and O–H groups in total.